The number of Topliss-reactive ketones (excluding diaryl/α,β-unsaturated/α-hetero) is 1. The molecule has 1 aromatic carbocycles. The van der Waals surface area contributed by atoms with Crippen LogP contribution in [0.2, 0.25) is 0 Å². The molecule has 19 heavy (non-hydrogen) atoms. The number of nitrogens with two attached hydrogens (primary N) is 1. The fraction of sp³-hybridized carbons (Fsp3) is 0.308. The van der Waals surface area contributed by atoms with E-state index < -0.39 is 18.1 Å². The Balaban J connectivity index is 2.21. The van der Waals surface area contributed by atoms with Gasteiger partial charge in [0, 0.05) is 12.0 Å². The van der Waals surface area contributed by atoms with Crippen molar-refractivity contribution in [3.05, 3.63) is 35.4 Å². The first-order chi connectivity index (χ1) is 9.04. The van der Waals surface area contributed by atoms with Crippen molar-refractivity contribution in [3.8, 4) is 0 Å². The molecule has 1 aliphatic heterocycles. The third kappa shape index (κ3) is 2.48. The molecule has 0 saturated heterocycles. The number of carbonyl (C=O) groups is 3. The van der Waals surface area contributed by atoms with E-state index in [1.54, 1.807) is 24.3 Å². The van der Waals surface area contributed by atoms with Crippen molar-refractivity contribution in [1.82, 2.24) is 5.32 Å². The molecule has 0 aliphatic carbocycles. The lowest BCUT2D eigenvalue weighted by molar-refractivity contribution is -0.142. The van der Waals surface area contributed by atoms with E-state index in [2.05, 4.69) is 10.1 Å². The highest BCUT2D eigenvalue weighted by Crippen LogP contribution is 2.18. The maximum atomic E-state index is 12.2. The van der Waals surface area contributed by atoms with Crippen molar-refractivity contribution in [3.63, 3.8) is 0 Å². The van der Waals surface area contributed by atoms with Crippen molar-refractivity contribution in [2.75, 3.05) is 7.11 Å². The number of ketones is 1. The smallest absolute Gasteiger partial charge is 0.322 e. The van der Waals surface area contributed by atoms with Gasteiger partial charge in [0.05, 0.1) is 18.7 Å². The zero-order chi connectivity index (χ0) is 14.0. The van der Waals surface area contributed by atoms with Crippen LogP contribution >= 0.6 is 0 Å². The summed E-state index contributed by atoms with van der Waals surface area (Å²) in [6.45, 7) is 0. The normalized spacial score (nSPS) is 19.4. The van der Waals surface area contributed by atoms with Crippen LogP contribution in [-0.2, 0) is 9.53 Å². The second kappa shape index (κ2) is 5.19. The minimum atomic E-state index is -0.940. The number of amides is 1. The van der Waals surface area contributed by atoms with Gasteiger partial charge in [-0.25, -0.2) is 0 Å². The first-order valence-electron chi connectivity index (χ1n) is 5.82. The second-order valence-electron chi connectivity index (χ2n) is 4.30. The minimum absolute atomic E-state index is 0.0194. The molecule has 1 aromatic rings. The van der Waals surface area contributed by atoms with Gasteiger partial charge in [0.1, 0.15) is 6.04 Å². The van der Waals surface area contributed by atoms with Gasteiger partial charge >= 0.3 is 5.97 Å². The Morgan fingerprint density at radius 2 is 2.00 bits per heavy atom. The highest BCUT2D eigenvalue weighted by atomic mass is 16.5. The second-order valence-corrected chi connectivity index (χ2v) is 4.30. The number of esters is 1. The molecule has 0 bridgehead atoms. The Bertz CT molecular complexity index is 541. The first-order valence-corrected chi connectivity index (χ1v) is 5.82. The summed E-state index contributed by atoms with van der Waals surface area (Å²) >= 11 is 0. The van der Waals surface area contributed by atoms with E-state index in [0.29, 0.717) is 11.1 Å². The number of hydrogen-bond donors (Lipinski definition) is 2. The van der Waals surface area contributed by atoms with Crippen molar-refractivity contribution in [1.29, 1.82) is 0 Å². The lowest BCUT2D eigenvalue weighted by Gasteiger charge is -2.25. The molecule has 100 valence electrons. The number of hydrogen-bond acceptors (Lipinski definition) is 5. The molecular formula is C13H14N2O4. The number of nitrogens with one attached hydrogen (secondary N) is 1. The van der Waals surface area contributed by atoms with Crippen LogP contribution in [0.25, 0.3) is 0 Å². The zero-order valence-electron chi connectivity index (χ0n) is 10.4. The third-order valence-electron chi connectivity index (χ3n) is 3.05. The summed E-state index contributed by atoms with van der Waals surface area (Å²) < 4.78 is 4.50. The van der Waals surface area contributed by atoms with Crippen LogP contribution in [0, 0.1) is 0 Å². The van der Waals surface area contributed by atoms with Gasteiger partial charge in [0.15, 0.2) is 5.78 Å². The summed E-state index contributed by atoms with van der Waals surface area (Å²) in [6.07, 6.45) is 0.0194. The van der Waals surface area contributed by atoms with Gasteiger partial charge in [0.2, 0.25) is 0 Å². The number of ether oxygens (including phenoxy) is 1. The van der Waals surface area contributed by atoms with Crippen molar-refractivity contribution < 1.29 is 19.1 Å². The number of methoxy groups -OCH3 is 1. The predicted molar refractivity (Wildman–Crippen MR) is 66.6 cm³/mol. The molecule has 0 fully saturated rings. The third-order valence-corrected chi connectivity index (χ3v) is 3.05. The van der Waals surface area contributed by atoms with E-state index in [1.165, 1.54) is 7.11 Å². The molecule has 6 heteroatoms. The quantitative estimate of drug-likeness (QED) is 0.739. The SMILES string of the molecule is COC(=O)C(N)CC1NC(=O)c2ccccc2C1=O. The van der Waals surface area contributed by atoms with Gasteiger partial charge < -0.3 is 15.8 Å². The van der Waals surface area contributed by atoms with E-state index in [9.17, 15) is 14.4 Å². The summed E-state index contributed by atoms with van der Waals surface area (Å²) in [4.78, 5) is 35.3. The van der Waals surface area contributed by atoms with E-state index in [0.717, 1.165) is 0 Å². The summed E-state index contributed by atoms with van der Waals surface area (Å²) in [7, 11) is 1.22. The Morgan fingerprint density at radius 3 is 2.63 bits per heavy atom. The zero-order valence-corrected chi connectivity index (χ0v) is 10.4. The molecule has 0 spiro atoms. The minimum Gasteiger partial charge on any atom is -0.468 e. The summed E-state index contributed by atoms with van der Waals surface area (Å²) in [5, 5.41) is 2.56. The Labute approximate surface area is 109 Å². The highest BCUT2D eigenvalue weighted by molar-refractivity contribution is 6.15. The van der Waals surface area contributed by atoms with Gasteiger partial charge in [-0.2, -0.15) is 0 Å². The Hall–Kier alpha value is -2.21. The van der Waals surface area contributed by atoms with E-state index >= 15 is 0 Å². The average molecular weight is 262 g/mol. The van der Waals surface area contributed by atoms with E-state index in [4.69, 9.17) is 5.73 Å². The van der Waals surface area contributed by atoms with Gasteiger partial charge in [0.25, 0.3) is 5.91 Å². The molecule has 3 N–H and O–H groups in total. The van der Waals surface area contributed by atoms with Gasteiger partial charge in [-0.15, -0.1) is 0 Å². The van der Waals surface area contributed by atoms with Crippen LogP contribution in [0.15, 0.2) is 24.3 Å². The fourth-order valence-corrected chi connectivity index (χ4v) is 2.05. The first kappa shape index (κ1) is 13.2. The highest BCUT2D eigenvalue weighted by Gasteiger charge is 2.33. The van der Waals surface area contributed by atoms with Crippen molar-refractivity contribution in [2.24, 2.45) is 5.73 Å². The van der Waals surface area contributed by atoms with Crippen molar-refractivity contribution >= 4 is 17.7 Å². The number of rotatable bonds is 3. The molecule has 2 atom stereocenters. The number of carbonyl (C=O) groups excluding carboxylic acids is 3. The predicted octanol–water partition coefficient (Wildman–Crippen LogP) is -0.128. The fourth-order valence-electron chi connectivity index (χ4n) is 2.05. The molecular weight excluding hydrogens is 248 g/mol. The van der Waals surface area contributed by atoms with Crippen LogP contribution in [0.3, 0.4) is 0 Å². The molecule has 1 amide bonds. The van der Waals surface area contributed by atoms with Gasteiger partial charge in [-0.3, -0.25) is 14.4 Å². The number of benzene rings is 1. The van der Waals surface area contributed by atoms with Gasteiger partial charge in [-0.1, -0.05) is 18.2 Å². The molecule has 1 heterocycles. The van der Waals surface area contributed by atoms with E-state index in [1.807, 2.05) is 0 Å². The summed E-state index contributed by atoms with van der Waals surface area (Å²) in [5.74, 6) is -1.19. The summed E-state index contributed by atoms with van der Waals surface area (Å²) in [5.41, 5.74) is 6.31. The molecule has 2 unspecified atom stereocenters. The summed E-state index contributed by atoms with van der Waals surface area (Å²) in [6, 6.07) is 4.81. The van der Waals surface area contributed by atoms with Crippen molar-refractivity contribution in [2.45, 2.75) is 18.5 Å². The average Bonchev–Trinajstić information content (AvgIpc) is 2.43. The lowest BCUT2D eigenvalue weighted by atomic mass is 9.90. The van der Waals surface area contributed by atoms with E-state index in [-0.39, 0.29) is 18.1 Å². The lowest BCUT2D eigenvalue weighted by Crippen LogP contribution is -2.50. The van der Waals surface area contributed by atoms with Crippen LogP contribution in [0.4, 0.5) is 0 Å². The Kier molecular flexibility index (Phi) is 3.62. The topological polar surface area (TPSA) is 98.5 Å². The van der Waals surface area contributed by atoms with Crippen LogP contribution in [0.5, 0.6) is 0 Å². The number of fused-ring (bicyclic) bond motifs is 1. The monoisotopic (exact) mass is 262 g/mol. The molecule has 1 aliphatic rings. The van der Waals surface area contributed by atoms with Crippen LogP contribution < -0.4 is 11.1 Å². The molecule has 0 aromatic heterocycles. The molecule has 0 radical (unpaired) electrons. The largest absolute Gasteiger partial charge is 0.468 e. The Morgan fingerprint density at radius 1 is 1.37 bits per heavy atom. The van der Waals surface area contributed by atoms with Gasteiger partial charge in [-0.05, 0) is 6.07 Å². The maximum Gasteiger partial charge on any atom is 0.322 e. The molecule has 0 saturated carbocycles. The molecule has 2 rings (SSSR count). The molecule has 6 nitrogen and oxygen atoms in total. The standard InChI is InChI=1S/C13H14N2O4/c1-19-13(18)9(14)6-10-11(16)7-4-2-3-5-8(7)12(17)15-10/h2-5,9-10H,6,14H2,1H3,(H,15,17). The van der Waals surface area contributed by atoms with Crippen LogP contribution in [-0.4, -0.2) is 36.9 Å². The van der Waals surface area contributed by atoms with Crippen LogP contribution in [0.1, 0.15) is 27.1 Å². The maximum absolute atomic E-state index is 12.2.